The van der Waals surface area contributed by atoms with Crippen molar-refractivity contribution in [2.24, 2.45) is 5.92 Å². The van der Waals surface area contributed by atoms with Gasteiger partial charge in [-0.15, -0.1) is 0 Å². The molecule has 7 heteroatoms. The minimum absolute atomic E-state index is 0.0513. The van der Waals surface area contributed by atoms with Crippen LogP contribution in [0.25, 0.3) is 0 Å². The van der Waals surface area contributed by atoms with E-state index in [1.54, 1.807) is 11.1 Å². The monoisotopic (exact) mass is 323 g/mol. The van der Waals surface area contributed by atoms with Gasteiger partial charge in [0.2, 0.25) is 0 Å². The summed E-state index contributed by atoms with van der Waals surface area (Å²) in [6, 6.07) is 0. The third-order valence-corrected chi connectivity index (χ3v) is 4.33. The highest BCUT2D eigenvalue weighted by atomic mass is 16.4. The summed E-state index contributed by atoms with van der Waals surface area (Å²) in [5, 5.41) is 23.3. The summed E-state index contributed by atoms with van der Waals surface area (Å²) in [4.78, 5) is 25.4. The van der Waals surface area contributed by atoms with Crippen LogP contribution in [0.2, 0.25) is 0 Å². The topological polar surface area (TPSA) is 95.7 Å². The predicted octanol–water partition coefficient (Wildman–Crippen LogP) is 1.15. The van der Waals surface area contributed by atoms with E-state index in [1.165, 1.54) is 0 Å². The fourth-order valence-electron chi connectivity index (χ4n) is 2.93. The SMILES string of the molecule is CCc1c(C(=O)N2CCC(O)(C(=O)O)CC2)cnn1CC(C)C. The van der Waals surface area contributed by atoms with Crippen LogP contribution in [-0.4, -0.2) is 55.5 Å². The smallest absolute Gasteiger partial charge is 0.335 e. The molecule has 1 aliphatic rings. The summed E-state index contributed by atoms with van der Waals surface area (Å²) >= 11 is 0. The van der Waals surface area contributed by atoms with Gasteiger partial charge in [-0.3, -0.25) is 9.48 Å². The molecule has 0 atom stereocenters. The number of amides is 1. The van der Waals surface area contributed by atoms with Crippen LogP contribution < -0.4 is 0 Å². The molecule has 1 fully saturated rings. The first-order chi connectivity index (χ1) is 10.8. The molecule has 0 radical (unpaired) electrons. The van der Waals surface area contributed by atoms with Gasteiger partial charge >= 0.3 is 5.97 Å². The number of hydrogen-bond donors (Lipinski definition) is 2. The average molecular weight is 323 g/mol. The molecule has 1 aliphatic heterocycles. The number of carboxylic acid groups (broad SMARTS) is 1. The van der Waals surface area contributed by atoms with Gasteiger partial charge < -0.3 is 15.1 Å². The van der Waals surface area contributed by atoms with Crippen LogP contribution in [0.15, 0.2) is 6.20 Å². The van der Waals surface area contributed by atoms with Gasteiger partial charge in [0.25, 0.3) is 5.91 Å². The number of carbonyl (C=O) groups excluding carboxylic acids is 1. The summed E-state index contributed by atoms with van der Waals surface area (Å²) in [5.41, 5.74) is -0.233. The number of nitrogens with zero attached hydrogens (tertiary/aromatic N) is 3. The fraction of sp³-hybridized carbons (Fsp3) is 0.688. The van der Waals surface area contributed by atoms with Crippen LogP contribution in [0, 0.1) is 5.92 Å². The number of piperidine rings is 1. The standard InChI is InChI=1S/C16H25N3O4/c1-4-13-12(9-17-19(13)10-11(2)3)14(20)18-7-5-16(23,6-8-18)15(21)22/h9,11,23H,4-8,10H2,1-3H3,(H,21,22). The molecule has 1 aromatic rings. The maximum absolute atomic E-state index is 12.7. The second-order valence-corrected chi connectivity index (χ2v) is 6.56. The highest BCUT2D eigenvalue weighted by Crippen LogP contribution is 2.24. The molecule has 2 rings (SSSR count). The molecule has 1 amide bonds. The van der Waals surface area contributed by atoms with E-state index in [9.17, 15) is 14.7 Å². The minimum atomic E-state index is -1.72. The summed E-state index contributed by atoms with van der Waals surface area (Å²) in [6.07, 6.45) is 2.41. The Balaban J connectivity index is 2.13. The molecule has 0 bridgehead atoms. The largest absolute Gasteiger partial charge is 0.479 e. The number of likely N-dealkylation sites (tertiary alicyclic amines) is 1. The highest BCUT2D eigenvalue weighted by Gasteiger charge is 2.40. The third kappa shape index (κ3) is 3.55. The number of aliphatic carboxylic acids is 1. The van der Waals surface area contributed by atoms with E-state index in [-0.39, 0.29) is 31.8 Å². The van der Waals surface area contributed by atoms with E-state index in [1.807, 2.05) is 11.6 Å². The van der Waals surface area contributed by atoms with Gasteiger partial charge in [-0.1, -0.05) is 20.8 Å². The van der Waals surface area contributed by atoms with Gasteiger partial charge in [-0.05, 0) is 12.3 Å². The molecule has 23 heavy (non-hydrogen) atoms. The lowest BCUT2D eigenvalue weighted by molar-refractivity contribution is -0.162. The van der Waals surface area contributed by atoms with Gasteiger partial charge in [0.1, 0.15) is 0 Å². The van der Waals surface area contributed by atoms with Gasteiger partial charge in [-0.25, -0.2) is 4.79 Å². The summed E-state index contributed by atoms with van der Waals surface area (Å²) < 4.78 is 1.87. The van der Waals surface area contributed by atoms with Gasteiger partial charge in [0.05, 0.1) is 17.5 Å². The van der Waals surface area contributed by atoms with E-state index in [4.69, 9.17) is 5.11 Å². The zero-order chi connectivity index (χ0) is 17.2. The van der Waals surface area contributed by atoms with E-state index >= 15 is 0 Å². The molecule has 1 saturated heterocycles. The first-order valence-electron chi connectivity index (χ1n) is 8.08. The third-order valence-electron chi connectivity index (χ3n) is 4.33. The van der Waals surface area contributed by atoms with Gasteiger partial charge in [0, 0.05) is 32.5 Å². The molecule has 2 N–H and O–H groups in total. The van der Waals surface area contributed by atoms with Gasteiger partial charge in [-0.2, -0.15) is 5.10 Å². The Kier molecular flexibility index (Phi) is 5.09. The number of carboxylic acids is 1. The second kappa shape index (κ2) is 6.70. The number of hydrogen-bond acceptors (Lipinski definition) is 4. The van der Waals surface area contributed by atoms with Crippen molar-refractivity contribution in [2.45, 2.75) is 52.2 Å². The van der Waals surface area contributed by atoms with Crippen molar-refractivity contribution >= 4 is 11.9 Å². The maximum Gasteiger partial charge on any atom is 0.335 e. The van der Waals surface area contributed by atoms with E-state index in [0.717, 1.165) is 12.2 Å². The molecular formula is C16H25N3O4. The lowest BCUT2D eigenvalue weighted by Crippen LogP contribution is -2.50. The Morgan fingerprint density at radius 1 is 1.35 bits per heavy atom. The second-order valence-electron chi connectivity index (χ2n) is 6.56. The zero-order valence-corrected chi connectivity index (χ0v) is 13.9. The van der Waals surface area contributed by atoms with Crippen molar-refractivity contribution in [3.8, 4) is 0 Å². The molecule has 0 aromatic carbocycles. The Morgan fingerprint density at radius 3 is 2.43 bits per heavy atom. The van der Waals surface area contributed by atoms with Crippen LogP contribution >= 0.6 is 0 Å². The van der Waals surface area contributed by atoms with Crippen LogP contribution in [0.4, 0.5) is 0 Å². The molecule has 7 nitrogen and oxygen atoms in total. The van der Waals surface area contributed by atoms with Crippen LogP contribution in [0.3, 0.4) is 0 Å². The van der Waals surface area contributed by atoms with Crippen LogP contribution in [-0.2, 0) is 17.8 Å². The molecule has 0 spiro atoms. The summed E-state index contributed by atoms with van der Waals surface area (Å²) in [6.45, 7) is 7.42. The number of aliphatic hydroxyl groups is 1. The summed E-state index contributed by atoms with van der Waals surface area (Å²) in [5.74, 6) is -0.920. The molecule has 0 aliphatic carbocycles. The van der Waals surface area contributed by atoms with E-state index in [2.05, 4.69) is 18.9 Å². The van der Waals surface area contributed by atoms with Crippen molar-refractivity contribution in [1.82, 2.24) is 14.7 Å². The van der Waals surface area contributed by atoms with Crippen LogP contribution in [0.1, 0.15) is 49.7 Å². The maximum atomic E-state index is 12.7. The molecule has 2 heterocycles. The molecular weight excluding hydrogens is 298 g/mol. The fourth-order valence-corrected chi connectivity index (χ4v) is 2.93. The average Bonchev–Trinajstić information content (AvgIpc) is 2.89. The highest BCUT2D eigenvalue weighted by molar-refractivity contribution is 5.95. The normalized spacial score (nSPS) is 17.5. The van der Waals surface area contributed by atoms with Gasteiger partial charge in [0.15, 0.2) is 5.60 Å². The number of aromatic nitrogens is 2. The Bertz CT molecular complexity index is 586. The summed E-state index contributed by atoms with van der Waals surface area (Å²) in [7, 11) is 0. The molecule has 128 valence electrons. The molecule has 0 unspecified atom stereocenters. The van der Waals surface area contributed by atoms with Crippen molar-refractivity contribution < 1.29 is 19.8 Å². The van der Waals surface area contributed by atoms with Crippen molar-refractivity contribution in [2.75, 3.05) is 13.1 Å². The lowest BCUT2D eigenvalue weighted by Gasteiger charge is -2.35. The molecule has 0 saturated carbocycles. The quantitative estimate of drug-likeness (QED) is 0.847. The number of rotatable bonds is 5. The zero-order valence-electron chi connectivity index (χ0n) is 13.9. The lowest BCUT2D eigenvalue weighted by atomic mass is 9.91. The van der Waals surface area contributed by atoms with E-state index < -0.39 is 11.6 Å². The first-order valence-corrected chi connectivity index (χ1v) is 8.08. The molecule has 1 aromatic heterocycles. The Hall–Kier alpha value is -1.89. The Labute approximate surface area is 135 Å². The van der Waals surface area contributed by atoms with Crippen molar-refractivity contribution in [3.63, 3.8) is 0 Å². The Morgan fingerprint density at radius 2 is 1.96 bits per heavy atom. The van der Waals surface area contributed by atoms with E-state index in [0.29, 0.717) is 17.9 Å². The van der Waals surface area contributed by atoms with Crippen molar-refractivity contribution in [1.29, 1.82) is 0 Å². The van der Waals surface area contributed by atoms with Crippen molar-refractivity contribution in [3.05, 3.63) is 17.5 Å². The van der Waals surface area contributed by atoms with Crippen LogP contribution in [0.5, 0.6) is 0 Å². The predicted molar refractivity (Wildman–Crippen MR) is 84.2 cm³/mol. The first kappa shape index (κ1) is 17.5. The minimum Gasteiger partial charge on any atom is -0.479 e. The number of carbonyl (C=O) groups is 2.